The summed E-state index contributed by atoms with van der Waals surface area (Å²) in [5.41, 5.74) is 2.63. The van der Waals surface area contributed by atoms with Crippen LogP contribution in [0.4, 0.5) is 5.69 Å². The summed E-state index contributed by atoms with van der Waals surface area (Å²) in [6.45, 7) is 14.2. The van der Waals surface area contributed by atoms with Crippen molar-refractivity contribution in [3.63, 3.8) is 0 Å². The summed E-state index contributed by atoms with van der Waals surface area (Å²) < 4.78 is 0. The molecular formula is C17H28ClN3. The van der Waals surface area contributed by atoms with E-state index in [4.69, 9.17) is 11.6 Å². The van der Waals surface area contributed by atoms with Crippen molar-refractivity contribution in [1.29, 1.82) is 0 Å². The first-order valence-electron chi connectivity index (χ1n) is 7.98. The molecule has 1 heterocycles. The van der Waals surface area contributed by atoms with Crippen LogP contribution in [0.5, 0.6) is 0 Å². The summed E-state index contributed by atoms with van der Waals surface area (Å²) in [5.74, 6) is 0. The van der Waals surface area contributed by atoms with Gasteiger partial charge in [0.15, 0.2) is 0 Å². The molecule has 1 N–H and O–H groups in total. The maximum atomic E-state index is 6.18. The summed E-state index contributed by atoms with van der Waals surface area (Å²) in [4.78, 5) is 5.03. The molecule has 1 fully saturated rings. The van der Waals surface area contributed by atoms with Crippen LogP contribution >= 0.6 is 11.6 Å². The first-order chi connectivity index (χ1) is 9.97. The fourth-order valence-electron chi connectivity index (χ4n) is 2.80. The number of rotatable bonds is 5. The highest BCUT2D eigenvalue weighted by Gasteiger charge is 2.20. The monoisotopic (exact) mass is 309 g/mol. The van der Waals surface area contributed by atoms with Crippen molar-refractivity contribution in [2.24, 2.45) is 0 Å². The van der Waals surface area contributed by atoms with E-state index in [-0.39, 0.29) is 0 Å². The molecule has 0 aromatic heterocycles. The van der Waals surface area contributed by atoms with Gasteiger partial charge in [-0.15, -0.1) is 0 Å². The largest absolute Gasteiger partial charge is 0.369 e. The predicted octanol–water partition coefficient (Wildman–Crippen LogP) is 3.37. The number of nitrogens with one attached hydrogen (secondary N) is 1. The lowest BCUT2D eigenvalue weighted by molar-refractivity contribution is 0.209. The van der Waals surface area contributed by atoms with Crippen LogP contribution in [0.1, 0.15) is 33.3 Å². The number of halogens is 1. The van der Waals surface area contributed by atoms with Crippen molar-refractivity contribution < 1.29 is 0 Å². The lowest BCUT2D eigenvalue weighted by Crippen LogP contribution is -2.49. The summed E-state index contributed by atoms with van der Waals surface area (Å²) in [7, 11) is 0. The quantitative estimate of drug-likeness (QED) is 0.899. The Hall–Kier alpha value is -0.770. The van der Waals surface area contributed by atoms with E-state index in [0.29, 0.717) is 12.1 Å². The number of hydrogen-bond donors (Lipinski definition) is 1. The molecule has 0 amide bonds. The Bertz CT molecular complexity index is 451. The fourth-order valence-corrected chi connectivity index (χ4v) is 2.99. The van der Waals surface area contributed by atoms with Crippen LogP contribution < -0.4 is 10.2 Å². The highest BCUT2D eigenvalue weighted by Crippen LogP contribution is 2.26. The van der Waals surface area contributed by atoms with E-state index < -0.39 is 0 Å². The normalized spacial score (nSPS) is 17.0. The average molecular weight is 310 g/mol. The molecule has 0 bridgehead atoms. The Labute approximate surface area is 134 Å². The van der Waals surface area contributed by atoms with Crippen LogP contribution in [-0.4, -0.2) is 43.2 Å². The molecule has 1 aromatic carbocycles. The van der Waals surface area contributed by atoms with Crippen LogP contribution in [0.2, 0.25) is 5.02 Å². The Kier molecular flexibility index (Phi) is 5.91. The lowest BCUT2D eigenvalue weighted by Gasteiger charge is -2.39. The minimum atomic E-state index is 0.481. The Morgan fingerprint density at radius 3 is 2.33 bits per heavy atom. The van der Waals surface area contributed by atoms with Gasteiger partial charge in [0.25, 0.3) is 0 Å². The highest BCUT2D eigenvalue weighted by atomic mass is 35.5. The Morgan fingerprint density at radius 2 is 1.76 bits per heavy atom. The summed E-state index contributed by atoms with van der Waals surface area (Å²) in [6, 6.07) is 7.39. The summed E-state index contributed by atoms with van der Waals surface area (Å²) in [6.07, 6.45) is 0. The minimum Gasteiger partial charge on any atom is -0.369 e. The Balaban J connectivity index is 2.08. The van der Waals surface area contributed by atoms with E-state index >= 15 is 0 Å². The molecule has 21 heavy (non-hydrogen) atoms. The van der Waals surface area contributed by atoms with Gasteiger partial charge in [0, 0.05) is 55.5 Å². The van der Waals surface area contributed by atoms with Crippen molar-refractivity contribution in [3.8, 4) is 0 Å². The van der Waals surface area contributed by atoms with Crippen LogP contribution in [0.25, 0.3) is 0 Å². The molecule has 4 heteroatoms. The second kappa shape index (κ2) is 7.48. The lowest BCUT2D eigenvalue weighted by atomic mass is 10.1. The molecule has 0 aliphatic carbocycles. The van der Waals surface area contributed by atoms with Gasteiger partial charge in [0.05, 0.1) is 0 Å². The third-order valence-electron chi connectivity index (χ3n) is 4.13. The molecular weight excluding hydrogens is 282 g/mol. The number of piperazine rings is 1. The molecule has 3 nitrogen and oxygen atoms in total. The minimum absolute atomic E-state index is 0.481. The van der Waals surface area contributed by atoms with Gasteiger partial charge in [0.1, 0.15) is 0 Å². The maximum Gasteiger partial charge on any atom is 0.0413 e. The molecule has 0 unspecified atom stereocenters. The standard InChI is InChI=1S/C17H28ClN3/c1-13(2)19-12-15-11-16(18)5-6-17(15)21-9-7-20(8-10-21)14(3)4/h5-6,11,13-14,19H,7-10,12H2,1-4H3. The van der Waals surface area contributed by atoms with E-state index in [1.165, 1.54) is 11.3 Å². The number of anilines is 1. The number of benzene rings is 1. The van der Waals surface area contributed by atoms with Crippen molar-refractivity contribution in [2.45, 2.75) is 46.3 Å². The molecule has 2 rings (SSSR count). The van der Waals surface area contributed by atoms with Crippen molar-refractivity contribution in [3.05, 3.63) is 28.8 Å². The molecule has 0 spiro atoms. The van der Waals surface area contributed by atoms with Gasteiger partial charge in [-0.2, -0.15) is 0 Å². The van der Waals surface area contributed by atoms with Gasteiger partial charge in [0.2, 0.25) is 0 Å². The molecule has 0 radical (unpaired) electrons. The van der Waals surface area contributed by atoms with E-state index in [2.05, 4.69) is 54.9 Å². The van der Waals surface area contributed by atoms with Crippen LogP contribution in [0.3, 0.4) is 0 Å². The summed E-state index contributed by atoms with van der Waals surface area (Å²) >= 11 is 6.18. The van der Waals surface area contributed by atoms with Crippen molar-refractivity contribution in [1.82, 2.24) is 10.2 Å². The van der Waals surface area contributed by atoms with Gasteiger partial charge in [-0.3, -0.25) is 4.90 Å². The van der Waals surface area contributed by atoms with Crippen LogP contribution in [0, 0.1) is 0 Å². The van der Waals surface area contributed by atoms with Gasteiger partial charge >= 0.3 is 0 Å². The molecule has 1 aliphatic heterocycles. The molecule has 0 atom stereocenters. The predicted molar refractivity (Wildman–Crippen MR) is 92.3 cm³/mol. The zero-order chi connectivity index (χ0) is 15.4. The summed E-state index contributed by atoms with van der Waals surface area (Å²) in [5, 5.41) is 4.32. The second-order valence-electron chi connectivity index (χ2n) is 6.43. The number of hydrogen-bond acceptors (Lipinski definition) is 3. The van der Waals surface area contributed by atoms with E-state index in [9.17, 15) is 0 Å². The van der Waals surface area contributed by atoms with Crippen LogP contribution in [-0.2, 0) is 6.54 Å². The SMILES string of the molecule is CC(C)NCc1cc(Cl)ccc1N1CCN(C(C)C)CC1. The van der Waals surface area contributed by atoms with E-state index in [1.54, 1.807) is 0 Å². The molecule has 1 saturated heterocycles. The molecule has 0 saturated carbocycles. The zero-order valence-corrected chi connectivity index (χ0v) is 14.5. The highest BCUT2D eigenvalue weighted by molar-refractivity contribution is 6.30. The van der Waals surface area contributed by atoms with Crippen LogP contribution in [0.15, 0.2) is 18.2 Å². The Morgan fingerprint density at radius 1 is 1.10 bits per heavy atom. The molecule has 118 valence electrons. The average Bonchev–Trinajstić information content (AvgIpc) is 2.45. The second-order valence-corrected chi connectivity index (χ2v) is 6.86. The number of nitrogens with zero attached hydrogens (tertiary/aromatic N) is 2. The van der Waals surface area contributed by atoms with Gasteiger partial charge < -0.3 is 10.2 Å². The van der Waals surface area contributed by atoms with Gasteiger partial charge in [-0.05, 0) is 37.6 Å². The topological polar surface area (TPSA) is 18.5 Å². The van der Waals surface area contributed by atoms with Crippen molar-refractivity contribution >= 4 is 17.3 Å². The molecule has 1 aromatic rings. The van der Waals surface area contributed by atoms with Gasteiger partial charge in [-0.1, -0.05) is 25.4 Å². The van der Waals surface area contributed by atoms with E-state index in [0.717, 1.165) is 37.7 Å². The smallest absolute Gasteiger partial charge is 0.0413 e. The van der Waals surface area contributed by atoms with E-state index in [1.807, 2.05) is 6.07 Å². The third kappa shape index (κ3) is 4.60. The van der Waals surface area contributed by atoms with Gasteiger partial charge in [-0.25, -0.2) is 0 Å². The maximum absolute atomic E-state index is 6.18. The van der Waals surface area contributed by atoms with Crippen molar-refractivity contribution in [2.75, 3.05) is 31.1 Å². The third-order valence-corrected chi connectivity index (χ3v) is 4.36. The molecule has 1 aliphatic rings. The fraction of sp³-hybridized carbons (Fsp3) is 0.647. The zero-order valence-electron chi connectivity index (χ0n) is 13.7. The first-order valence-corrected chi connectivity index (χ1v) is 8.36. The first kappa shape index (κ1) is 16.6.